The summed E-state index contributed by atoms with van der Waals surface area (Å²) in [4.78, 5) is 6.79. The Labute approximate surface area is 187 Å². The molecule has 0 bridgehead atoms. The van der Waals surface area contributed by atoms with Crippen molar-refractivity contribution in [3.63, 3.8) is 0 Å². The first-order valence-electron chi connectivity index (χ1n) is 10.2. The van der Waals surface area contributed by atoms with Crippen molar-refractivity contribution in [1.29, 1.82) is 0 Å². The molecular weight excluding hydrogens is 467 g/mol. The van der Waals surface area contributed by atoms with Crippen LogP contribution >= 0.6 is 24.0 Å². The zero-order chi connectivity index (χ0) is 19.3. The van der Waals surface area contributed by atoms with Gasteiger partial charge in [0.25, 0.3) is 0 Å². The van der Waals surface area contributed by atoms with Crippen LogP contribution in [0.25, 0.3) is 0 Å². The highest BCUT2D eigenvalue weighted by Gasteiger charge is 2.15. The maximum atomic E-state index is 5.79. The van der Waals surface area contributed by atoms with Crippen LogP contribution in [0.2, 0.25) is 0 Å². The number of benzene rings is 1. The highest BCUT2D eigenvalue weighted by atomic mass is 127. The molecule has 28 heavy (non-hydrogen) atoms. The molecule has 1 aromatic rings. The topological polar surface area (TPSA) is 58.1 Å². The third kappa shape index (κ3) is 9.93. The van der Waals surface area contributed by atoms with Crippen LogP contribution in [0.3, 0.4) is 0 Å². The summed E-state index contributed by atoms with van der Waals surface area (Å²) in [6, 6.07) is 8.75. The Morgan fingerprint density at radius 1 is 1.21 bits per heavy atom. The van der Waals surface area contributed by atoms with Crippen molar-refractivity contribution >= 4 is 35.6 Å². The molecule has 1 heterocycles. The number of aryl methyl sites for hydroxylation is 1. The summed E-state index contributed by atoms with van der Waals surface area (Å²) >= 11 is 0. The average Bonchev–Trinajstić information content (AvgIpc) is 3.18. The number of rotatable bonds is 11. The van der Waals surface area contributed by atoms with Gasteiger partial charge in [0.15, 0.2) is 5.96 Å². The van der Waals surface area contributed by atoms with Crippen LogP contribution < -0.4 is 15.5 Å². The molecule has 2 rings (SSSR count). The lowest BCUT2D eigenvalue weighted by Crippen LogP contribution is -2.38. The van der Waals surface area contributed by atoms with Gasteiger partial charge in [-0.2, -0.15) is 0 Å². The minimum atomic E-state index is 0. The number of aliphatic imine (C=N–C) groups is 1. The van der Waals surface area contributed by atoms with Crippen molar-refractivity contribution in [1.82, 2.24) is 10.6 Å². The Morgan fingerprint density at radius 3 is 2.64 bits per heavy atom. The second-order valence-corrected chi connectivity index (χ2v) is 7.06. The van der Waals surface area contributed by atoms with E-state index in [0.717, 1.165) is 71.1 Å². The first-order chi connectivity index (χ1) is 13.2. The molecule has 1 aliphatic rings. The van der Waals surface area contributed by atoms with Gasteiger partial charge in [0.1, 0.15) is 0 Å². The van der Waals surface area contributed by atoms with Gasteiger partial charge in [-0.3, -0.25) is 4.99 Å². The minimum absolute atomic E-state index is 0. The number of nitrogens with one attached hydrogen (secondary N) is 2. The summed E-state index contributed by atoms with van der Waals surface area (Å²) in [6.07, 6.45) is 4.38. The molecule has 160 valence electrons. The largest absolute Gasteiger partial charge is 0.379 e. The number of nitrogens with zero attached hydrogens (tertiary/aromatic N) is 2. The second kappa shape index (κ2) is 14.9. The predicted molar refractivity (Wildman–Crippen MR) is 128 cm³/mol. The third-order valence-electron chi connectivity index (χ3n) is 4.55. The fourth-order valence-corrected chi connectivity index (χ4v) is 2.95. The van der Waals surface area contributed by atoms with Gasteiger partial charge in [0.2, 0.25) is 0 Å². The SMILES string of the molecule is CCNC(=NCCCc1ccc(N(C)C)cc1)NCCCOC1CCOC1.I. The lowest BCUT2D eigenvalue weighted by atomic mass is 10.1. The summed E-state index contributed by atoms with van der Waals surface area (Å²) in [6.45, 7) is 6.99. The zero-order valence-electron chi connectivity index (χ0n) is 17.6. The van der Waals surface area contributed by atoms with Crippen molar-refractivity contribution in [2.24, 2.45) is 4.99 Å². The molecule has 1 atom stereocenters. The van der Waals surface area contributed by atoms with E-state index in [0.29, 0.717) is 6.10 Å². The van der Waals surface area contributed by atoms with E-state index in [2.05, 4.69) is 65.8 Å². The molecule has 7 heteroatoms. The van der Waals surface area contributed by atoms with Crippen LogP contribution in [0, 0.1) is 0 Å². The molecule has 0 saturated carbocycles. The Bertz CT molecular complexity index is 546. The molecule has 1 aliphatic heterocycles. The Hall–Kier alpha value is -1.06. The molecule has 0 amide bonds. The minimum Gasteiger partial charge on any atom is -0.379 e. The van der Waals surface area contributed by atoms with Gasteiger partial charge in [-0.15, -0.1) is 24.0 Å². The second-order valence-electron chi connectivity index (χ2n) is 7.06. The van der Waals surface area contributed by atoms with Gasteiger partial charge >= 0.3 is 0 Å². The van der Waals surface area contributed by atoms with Crippen molar-refractivity contribution in [3.05, 3.63) is 29.8 Å². The van der Waals surface area contributed by atoms with E-state index in [4.69, 9.17) is 9.47 Å². The highest BCUT2D eigenvalue weighted by molar-refractivity contribution is 14.0. The van der Waals surface area contributed by atoms with Crippen molar-refractivity contribution in [3.8, 4) is 0 Å². The lowest BCUT2D eigenvalue weighted by Gasteiger charge is -2.13. The van der Waals surface area contributed by atoms with Crippen molar-refractivity contribution < 1.29 is 9.47 Å². The molecule has 1 saturated heterocycles. The smallest absolute Gasteiger partial charge is 0.191 e. The van der Waals surface area contributed by atoms with E-state index in [1.807, 2.05) is 0 Å². The molecule has 6 nitrogen and oxygen atoms in total. The first-order valence-corrected chi connectivity index (χ1v) is 10.2. The van der Waals surface area contributed by atoms with Crippen molar-refractivity contribution in [2.75, 3.05) is 58.5 Å². The molecule has 0 spiro atoms. The van der Waals surface area contributed by atoms with Crippen LogP contribution in [0.15, 0.2) is 29.3 Å². The zero-order valence-corrected chi connectivity index (χ0v) is 19.9. The van der Waals surface area contributed by atoms with Gasteiger partial charge in [-0.25, -0.2) is 0 Å². The fourth-order valence-electron chi connectivity index (χ4n) is 2.95. The molecule has 0 radical (unpaired) electrons. The molecule has 0 aliphatic carbocycles. The maximum Gasteiger partial charge on any atom is 0.191 e. The monoisotopic (exact) mass is 504 g/mol. The van der Waals surface area contributed by atoms with E-state index in [-0.39, 0.29) is 24.0 Å². The number of anilines is 1. The molecule has 1 unspecified atom stereocenters. The van der Waals surface area contributed by atoms with Gasteiger partial charge in [-0.05, 0) is 50.3 Å². The fraction of sp³-hybridized carbons (Fsp3) is 0.667. The van der Waals surface area contributed by atoms with E-state index in [9.17, 15) is 0 Å². The molecule has 1 aromatic carbocycles. The van der Waals surface area contributed by atoms with Crippen LogP contribution in [0.5, 0.6) is 0 Å². The summed E-state index contributed by atoms with van der Waals surface area (Å²) < 4.78 is 11.1. The van der Waals surface area contributed by atoms with E-state index >= 15 is 0 Å². The standard InChI is InChI=1S/C21H36N4O2.HI/c1-4-22-21(24-14-6-15-27-20-12-16-26-17-20)23-13-5-7-18-8-10-19(11-9-18)25(2)3;/h8-11,20H,4-7,12-17H2,1-3H3,(H2,22,23,24);1H. The summed E-state index contributed by atoms with van der Waals surface area (Å²) in [7, 11) is 4.13. The van der Waals surface area contributed by atoms with Crippen LogP contribution in [-0.2, 0) is 15.9 Å². The van der Waals surface area contributed by atoms with Gasteiger partial charge in [0.05, 0.1) is 12.7 Å². The van der Waals surface area contributed by atoms with E-state index in [1.54, 1.807) is 0 Å². The maximum absolute atomic E-state index is 5.79. The molecule has 1 fully saturated rings. The Kier molecular flexibility index (Phi) is 13.3. The number of guanidine groups is 1. The van der Waals surface area contributed by atoms with Crippen LogP contribution in [-0.4, -0.2) is 65.6 Å². The number of hydrogen-bond donors (Lipinski definition) is 2. The van der Waals surface area contributed by atoms with Crippen LogP contribution in [0.4, 0.5) is 5.69 Å². The molecule has 0 aromatic heterocycles. The lowest BCUT2D eigenvalue weighted by molar-refractivity contribution is 0.0420. The Morgan fingerprint density at radius 2 is 2.00 bits per heavy atom. The summed E-state index contributed by atoms with van der Waals surface area (Å²) in [5, 5.41) is 6.69. The normalized spacial score (nSPS) is 16.5. The van der Waals surface area contributed by atoms with Crippen LogP contribution in [0.1, 0.15) is 31.7 Å². The van der Waals surface area contributed by atoms with E-state index in [1.165, 1.54) is 11.3 Å². The van der Waals surface area contributed by atoms with Crippen molar-refractivity contribution in [2.45, 2.75) is 38.7 Å². The molecule has 2 N–H and O–H groups in total. The summed E-state index contributed by atoms with van der Waals surface area (Å²) in [5.41, 5.74) is 2.60. The predicted octanol–water partition coefficient (Wildman–Crippen LogP) is 3.05. The Balaban J connectivity index is 0.00000392. The third-order valence-corrected chi connectivity index (χ3v) is 4.55. The summed E-state index contributed by atoms with van der Waals surface area (Å²) in [5.74, 6) is 0.893. The highest BCUT2D eigenvalue weighted by Crippen LogP contribution is 2.13. The van der Waals surface area contributed by atoms with Gasteiger partial charge in [0, 0.05) is 52.6 Å². The molecular formula is C21H37IN4O2. The number of halogens is 1. The first kappa shape index (κ1) is 25.0. The van der Waals surface area contributed by atoms with E-state index < -0.39 is 0 Å². The average molecular weight is 504 g/mol. The quantitative estimate of drug-likeness (QED) is 0.210. The number of ether oxygens (including phenoxy) is 2. The van der Waals surface area contributed by atoms with Gasteiger partial charge < -0.3 is 25.0 Å². The number of hydrogen-bond acceptors (Lipinski definition) is 4. The van der Waals surface area contributed by atoms with Gasteiger partial charge in [-0.1, -0.05) is 12.1 Å².